The molecule has 160 valence electrons. The van der Waals surface area contributed by atoms with Crippen molar-refractivity contribution < 1.29 is 13.2 Å². The van der Waals surface area contributed by atoms with E-state index in [1.807, 2.05) is 6.92 Å². The van der Waals surface area contributed by atoms with Crippen LogP contribution in [0.5, 0.6) is 5.75 Å². The third kappa shape index (κ3) is 5.60. The number of unbranched alkanes of at least 4 members (excludes halogenated alkanes) is 1. The molecule has 0 amide bonds. The number of nitrogens with zero attached hydrogens (tertiary/aromatic N) is 2. The van der Waals surface area contributed by atoms with Crippen molar-refractivity contribution in [2.75, 3.05) is 6.61 Å². The maximum absolute atomic E-state index is 13.6. The highest BCUT2D eigenvalue weighted by atomic mass is 32.2. The Kier molecular flexibility index (Phi) is 7.72. The lowest BCUT2D eigenvalue weighted by Gasteiger charge is -2.35. The van der Waals surface area contributed by atoms with Gasteiger partial charge in [-0.3, -0.25) is 0 Å². The van der Waals surface area contributed by atoms with Gasteiger partial charge in [-0.25, -0.2) is 13.4 Å². The van der Waals surface area contributed by atoms with Crippen molar-refractivity contribution in [2.24, 2.45) is 5.92 Å². The van der Waals surface area contributed by atoms with Gasteiger partial charge in [0.15, 0.2) is 0 Å². The number of imidazole rings is 1. The highest BCUT2D eigenvalue weighted by Gasteiger charge is 2.34. The third-order valence-corrected chi connectivity index (χ3v) is 7.81. The molecule has 7 heteroatoms. The smallest absolute Gasteiger partial charge is 0.243 e. The standard InChI is InChI=1S/C22H33N3O3S/c1-3-4-14-28-21-10-12-22(13-11-21)29(26,27)25(16-20-15-23-17-24-20)18(2)19-8-6-5-7-9-19/h10-13,15,17-19H,3-9,14,16H2,1-2H3,(H,23,24)/t18-/m1/s1. The van der Waals surface area contributed by atoms with Gasteiger partial charge in [-0.05, 0) is 56.4 Å². The van der Waals surface area contributed by atoms with Crippen LogP contribution in [-0.4, -0.2) is 35.3 Å². The first-order valence-electron chi connectivity index (χ1n) is 10.7. The molecule has 0 radical (unpaired) electrons. The molecule has 1 aromatic heterocycles. The molecule has 1 aromatic carbocycles. The Hall–Kier alpha value is -1.86. The number of hydrogen-bond donors (Lipinski definition) is 1. The largest absolute Gasteiger partial charge is 0.494 e. The van der Waals surface area contributed by atoms with Crippen LogP contribution < -0.4 is 4.74 Å². The lowest BCUT2D eigenvalue weighted by molar-refractivity contribution is 0.200. The summed E-state index contributed by atoms with van der Waals surface area (Å²) in [4.78, 5) is 7.41. The topological polar surface area (TPSA) is 75.3 Å². The molecule has 0 bridgehead atoms. The molecule has 3 rings (SSSR count). The summed E-state index contributed by atoms with van der Waals surface area (Å²) >= 11 is 0. The molecule has 1 aliphatic carbocycles. The summed E-state index contributed by atoms with van der Waals surface area (Å²) in [6.45, 7) is 5.11. The van der Waals surface area contributed by atoms with E-state index in [4.69, 9.17) is 4.74 Å². The highest BCUT2D eigenvalue weighted by Crippen LogP contribution is 2.32. The SMILES string of the molecule is CCCCOc1ccc(S(=O)(=O)N(Cc2cnc[nH]2)[C@H](C)C2CCCCC2)cc1. The summed E-state index contributed by atoms with van der Waals surface area (Å²) < 4.78 is 34.5. The van der Waals surface area contributed by atoms with Crippen LogP contribution in [0.4, 0.5) is 0 Å². The number of hydrogen-bond acceptors (Lipinski definition) is 4. The Bertz CT molecular complexity index is 829. The number of benzene rings is 1. The molecule has 2 aromatic rings. The van der Waals surface area contributed by atoms with Crippen LogP contribution in [0.1, 0.15) is 64.5 Å². The summed E-state index contributed by atoms with van der Waals surface area (Å²) in [6.07, 6.45) is 11.1. The first-order valence-corrected chi connectivity index (χ1v) is 12.2. The van der Waals surface area contributed by atoms with E-state index in [2.05, 4.69) is 16.9 Å². The number of sulfonamides is 1. The van der Waals surface area contributed by atoms with Gasteiger partial charge in [-0.1, -0.05) is 32.6 Å². The average molecular weight is 420 g/mol. The summed E-state index contributed by atoms with van der Waals surface area (Å²) in [5, 5.41) is 0. The minimum Gasteiger partial charge on any atom is -0.494 e. The van der Waals surface area contributed by atoms with Crippen molar-refractivity contribution in [1.29, 1.82) is 0 Å². The minimum atomic E-state index is -3.64. The predicted octanol–water partition coefficient (Wildman–Crippen LogP) is 4.75. The summed E-state index contributed by atoms with van der Waals surface area (Å²) in [6, 6.07) is 6.75. The Labute approximate surface area is 174 Å². The van der Waals surface area contributed by atoms with E-state index in [9.17, 15) is 8.42 Å². The minimum absolute atomic E-state index is 0.0657. The summed E-state index contributed by atoms with van der Waals surface area (Å²) in [5.74, 6) is 1.09. The van der Waals surface area contributed by atoms with E-state index >= 15 is 0 Å². The zero-order valence-corrected chi connectivity index (χ0v) is 18.3. The summed E-state index contributed by atoms with van der Waals surface area (Å²) in [5.41, 5.74) is 0.802. The van der Waals surface area contributed by atoms with Crippen LogP contribution in [0.15, 0.2) is 41.7 Å². The number of aromatic nitrogens is 2. The second-order valence-corrected chi connectivity index (χ2v) is 9.83. The average Bonchev–Trinajstić information content (AvgIpc) is 3.26. The van der Waals surface area contributed by atoms with Crippen molar-refractivity contribution in [1.82, 2.24) is 14.3 Å². The quantitative estimate of drug-likeness (QED) is 0.564. The van der Waals surface area contributed by atoms with Crippen LogP contribution in [0, 0.1) is 5.92 Å². The lowest BCUT2D eigenvalue weighted by atomic mass is 9.84. The fourth-order valence-corrected chi connectivity index (χ4v) is 5.69. The summed E-state index contributed by atoms with van der Waals surface area (Å²) in [7, 11) is -3.64. The van der Waals surface area contributed by atoms with Gasteiger partial charge >= 0.3 is 0 Å². The van der Waals surface area contributed by atoms with E-state index in [-0.39, 0.29) is 6.04 Å². The number of nitrogens with one attached hydrogen (secondary N) is 1. The molecule has 0 aliphatic heterocycles. The number of rotatable bonds is 10. The Morgan fingerprint density at radius 1 is 1.21 bits per heavy atom. The molecular weight excluding hydrogens is 386 g/mol. The van der Waals surface area contributed by atoms with E-state index in [1.54, 1.807) is 41.1 Å². The molecule has 1 heterocycles. The fraction of sp³-hybridized carbons (Fsp3) is 0.591. The van der Waals surface area contributed by atoms with Gasteiger partial charge in [0.2, 0.25) is 10.0 Å². The first kappa shape index (κ1) is 21.8. The van der Waals surface area contributed by atoms with Crippen molar-refractivity contribution in [3.8, 4) is 5.75 Å². The van der Waals surface area contributed by atoms with E-state index < -0.39 is 10.0 Å². The van der Waals surface area contributed by atoms with Crippen molar-refractivity contribution in [3.05, 3.63) is 42.5 Å². The van der Waals surface area contributed by atoms with Gasteiger partial charge < -0.3 is 9.72 Å². The van der Waals surface area contributed by atoms with Gasteiger partial charge in [0.25, 0.3) is 0 Å². The maximum atomic E-state index is 13.6. The molecule has 1 aliphatic rings. The predicted molar refractivity (Wildman–Crippen MR) is 114 cm³/mol. The van der Waals surface area contributed by atoms with Crippen LogP contribution >= 0.6 is 0 Å². The van der Waals surface area contributed by atoms with Crippen molar-refractivity contribution in [2.45, 2.75) is 76.3 Å². The zero-order chi connectivity index (χ0) is 20.7. The van der Waals surface area contributed by atoms with Crippen LogP contribution in [0.2, 0.25) is 0 Å². The Morgan fingerprint density at radius 3 is 2.55 bits per heavy atom. The van der Waals surface area contributed by atoms with Gasteiger partial charge in [-0.15, -0.1) is 0 Å². The maximum Gasteiger partial charge on any atom is 0.243 e. The van der Waals surface area contributed by atoms with Gasteiger partial charge in [-0.2, -0.15) is 4.31 Å². The van der Waals surface area contributed by atoms with Crippen LogP contribution in [0.3, 0.4) is 0 Å². The molecule has 1 atom stereocenters. The van der Waals surface area contributed by atoms with E-state index in [0.717, 1.165) is 31.4 Å². The van der Waals surface area contributed by atoms with Crippen molar-refractivity contribution >= 4 is 10.0 Å². The molecule has 29 heavy (non-hydrogen) atoms. The van der Waals surface area contributed by atoms with Crippen LogP contribution in [-0.2, 0) is 16.6 Å². The second-order valence-electron chi connectivity index (χ2n) is 7.94. The fourth-order valence-electron chi connectivity index (χ4n) is 4.02. The molecule has 6 nitrogen and oxygen atoms in total. The third-order valence-electron chi connectivity index (χ3n) is 5.86. The van der Waals surface area contributed by atoms with E-state index in [1.165, 1.54) is 19.3 Å². The molecule has 1 N–H and O–H groups in total. The first-order chi connectivity index (χ1) is 14.0. The molecule has 0 unspecified atom stereocenters. The van der Waals surface area contributed by atoms with Crippen molar-refractivity contribution in [3.63, 3.8) is 0 Å². The van der Waals surface area contributed by atoms with Gasteiger partial charge in [0.05, 0.1) is 24.4 Å². The lowest BCUT2D eigenvalue weighted by Crippen LogP contribution is -2.43. The number of ether oxygens (including phenoxy) is 1. The van der Waals surface area contributed by atoms with Gasteiger partial charge in [0.1, 0.15) is 5.75 Å². The molecule has 1 fully saturated rings. The van der Waals surface area contributed by atoms with E-state index in [0.29, 0.717) is 29.7 Å². The Balaban J connectivity index is 1.82. The molecular formula is C22H33N3O3S. The monoisotopic (exact) mass is 419 g/mol. The normalized spacial score (nSPS) is 16.8. The number of H-pyrrole nitrogens is 1. The Morgan fingerprint density at radius 2 is 1.93 bits per heavy atom. The second kappa shape index (κ2) is 10.3. The zero-order valence-electron chi connectivity index (χ0n) is 17.5. The molecule has 0 saturated heterocycles. The number of aromatic amines is 1. The molecule has 0 spiro atoms. The van der Waals surface area contributed by atoms with Crippen LogP contribution in [0.25, 0.3) is 0 Å². The highest BCUT2D eigenvalue weighted by molar-refractivity contribution is 7.89. The molecule has 1 saturated carbocycles. The van der Waals surface area contributed by atoms with Gasteiger partial charge in [0, 0.05) is 17.9 Å².